The molecule has 2 aromatic rings. The Labute approximate surface area is 155 Å². The molecule has 1 aromatic heterocycles. The molecule has 27 heavy (non-hydrogen) atoms. The van der Waals surface area contributed by atoms with Gasteiger partial charge in [0.25, 0.3) is 0 Å². The van der Waals surface area contributed by atoms with Crippen molar-refractivity contribution in [2.45, 2.75) is 39.5 Å². The first kappa shape index (κ1) is 20.6. The monoisotopic (exact) mass is 384 g/mol. The van der Waals surface area contributed by atoms with E-state index < -0.39 is 12.8 Å². The van der Waals surface area contributed by atoms with E-state index in [2.05, 4.69) is 20.8 Å². The molecule has 2 N–H and O–H groups in total. The van der Waals surface area contributed by atoms with Crippen LogP contribution in [-0.2, 0) is 19.5 Å². The quantitative estimate of drug-likeness (QED) is 0.566. The van der Waals surface area contributed by atoms with Gasteiger partial charge in [-0.05, 0) is 25.0 Å². The molecule has 0 unspecified atom stereocenters. The van der Waals surface area contributed by atoms with Gasteiger partial charge in [0, 0.05) is 25.2 Å². The minimum absolute atomic E-state index is 0.193. The maximum Gasteiger partial charge on any atom is 0.422 e. The highest BCUT2D eigenvalue weighted by Crippen LogP contribution is 2.23. The molecule has 0 aliphatic heterocycles. The van der Waals surface area contributed by atoms with Crippen molar-refractivity contribution in [3.05, 3.63) is 46.8 Å². The first-order valence-electron chi connectivity index (χ1n) is 8.48. The fraction of sp³-hybridized carbons (Fsp3) is 0.444. The molecule has 148 valence electrons. The predicted molar refractivity (Wildman–Crippen MR) is 95.6 cm³/mol. The van der Waals surface area contributed by atoms with Gasteiger partial charge in [0.15, 0.2) is 18.3 Å². The van der Waals surface area contributed by atoms with Crippen molar-refractivity contribution in [1.82, 2.24) is 15.8 Å². The zero-order chi connectivity index (χ0) is 19.9. The van der Waals surface area contributed by atoms with Gasteiger partial charge in [0.1, 0.15) is 5.75 Å². The van der Waals surface area contributed by atoms with Gasteiger partial charge in [0.05, 0.1) is 12.2 Å². The summed E-state index contributed by atoms with van der Waals surface area (Å²) in [5.41, 5.74) is 2.28. The predicted octanol–water partition coefficient (Wildman–Crippen LogP) is 3.35. The molecule has 0 aliphatic carbocycles. The van der Waals surface area contributed by atoms with E-state index in [9.17, 15) is 13.2 Å². The number of ether oxygens (including phenoxy) is 1. The van der Waals surface area contributed by atoms with Crippen LogP contribution in [0.25, 0.3) is 0 Å². The molecular formula is C18H23F3N4O2. The average molecular weight is 384 g/mol. The fourth-order valence-electron chi connectivity index (χ4n) is 2.28. The highest BCUT2D eigenvalue weighted by Gasteiger charge is 2.28. The first-order chi connectivity index (χ1) is 12.8. The van der Waals surface area contributed by atoms with Crippen LogP contribution in [0.2, 0.25) is 0 Å². The van der Waals surface area contributed by atoms with E-state index in [0.717, 1.165) is 17.7 Å². The summed E-state index contributed by atoms with van der Waals surface area (Å²) in [5.74, 6) is 1.34. The summed E-state index contributed by atoms with van der Waals surface area (Å²) in [7, 11) is 1.60. The Bertz CT molecular complexity index is 772. The Kier molecular flexibility index (Phi) is 7.09. The second-order valence-electron chi connectivity index (χ2n) is 5.93. The highest BCUT2D eigenvalue weighted by atomic mass is 19.4. The first-order valence-corrected chi connectivity index (χ1v) is 8.48. The Hall–Kier alpha value is -2.71. The third-order valence-electron chi connectivity index (χ3n) is 3.68. The fourth-order valence-corrected chi connectivity index (χ4v) is 2.28. The van der Waals surface area contributed by atoms with Crippen molar-refractivity contribution in [3.8, 4) is 5.75 Å². The number of hydrogen-bond donors (Lipinski definition) is 2. The number of nitrogens with one attached hydrogen (secondary N) is 2. The van der Waals surface area contributed by atoms with E-state index in [0.29, 0.717) is 23.8 Å². The molecule has 9 heteroatoms. The van der Waals surface area contributed by atoms with Gasteiger partial charge >= 0.3 is 6.18 Å². The van der Waals surface area contributed by atoms with Gasteiger partial charge in [-0.3, -0.25) is 4.99 Å². The zero-order valence-electron chi connectivity index (χ0n) is 15.5. The lowest BCUT2D eigenvalue weighted by Crippen LogP contribution is -2.36. The number of halogens is 3. The van der Waals surface area contributed by atoms with Crippen molar-refractivity contribution in [1.29, 1.82) is 0 Å². The van der Waals surface area contributed by atoms with E-state index in [1.54, 1.807) is 26.1 Å². The molecule has 0 amide bonds. The molecule has 2 rings (SSSR count). The second kappa shape index (κ2) is 9.29. The Morgan fingerprint density at radius 3 is 2.59 bits per heavy atom. The van der Waals surface area contributed by atoms with Crippen molar-refractivity contribution in [2.24, 2.45) is 4.99 Å². The normalized spacial score (nSPS) is 12.1. The number of alkyl halides is 3. The molecule has 0 saturated carbocycles. The van der Waals surface area contributed by atoms with Crippen LogP contribution in [0.5, 0.6) is 5.75 Å². The van der Waals surface area contributed by atoms with Gasteiger partial charge in [0.2, 0.25) is 0 Å². The van der Waals surface area contributed by atoms with Crippen molar-refractivity contribution < 1.29 is 22.4 Å². The summed E-state index contributed by atoms with van der Waals surface area (Å²) < 4.78 is 47.5. The number of hydrogen-bond acceptors (Lipinski definition) is 4. The number of guanidine groups is 1. The van der Waals surface area contributed by atoms with Gasteiger partial charge in [-0.15, -0.1) is 0 Å². The van der Waals surface area contributed by atoms with Crippen LogP contribution >= 0.6 is 0 Å². The van der Waals surface area contributed by atoms with E-state index in [4.69, 9.17) is 9.26 Å². The summed E-state index contributed by atoms with van der Waals surface area (Å²) >= 11 is 0. The maximum absolute atomic E-state index is 12.4. The number of aromatic nitrogens is 1. The molecule has 0 bridgehead atoms. The molecule has 0 aliphatic rings. The van der Waals surface area contributed by atoms with Crippen LogP contribution in [0.1, 0.15) is 29.5 Å². The molecule has 0 radical (unpaired) electrons. The van der Waals surface area contributed by atoms with Crippen LogP contribution in [0.4, 0.5) is 13.2 Å². The zero-order valence-corrected chi connectivity index (χ0v) is 15.5. The lowest BCUT2D eigenvalue weighted by atomic mass is 10.1. The standard InChI is InChI=1S/C18H23F3N4O2/c1-4-14-8-15(27-25-14)10-24-17(22-3)23-9-13-6-5-12(2)7-16(13)26-11-18(19,20)21/h5-8H,4,9-11H2,1-3H3,(H2,22,23,24). The van der Waals surface area contributed by atoms with Crippen LogP contribution in [0.15, 0.2) is 33.8 Å². The molecule has 0 spiro atoms. The summed E-state index contributed by atoms with van der Waals surface area (Å²) in [6.45, 7) is 3.08. The van der Waals surface area contributed by atoms with Crippen LogP contribution in [-0.4, -0.2) is 30.9 Å². The summed E-state index contributed by atoms with van der Waals surface area (Å²) in [6.07, 6.45) is -3.61. The molecule has 1 heterocycles. The Morgan fingerprint density at radius 2 is 1.96 bits per heavy atom. The maximum atomic E-state index is 12.4. The van der Waals surface area contributed by atoms with Gasteiger partial charge in [-0.1, -0.05) is 24.2 Å². The number of rotatable bonds is 7. The second-order valence-corrected chi connectivity index (χ2v) is 5.93. The van der Waals surface area contributed by atoms with E-state index in [1.807, 2.05) is 19.1 Å². The number of benzene rings is 1. The topological polar surface area (TPSA) is 71.7 Å². The average Bonchev–Trinajstić information content (AvgIpc) is 3.08. The lowest BCUT2D eigenvalue weighted by Gasteiger charge is -2.16. The van der Waals surface area contributed by atoms with Crippen molar-refractivity contribution in [2.75, 3.05) is 13.7 Å². The van der Waals surface area contributed by atoms with Crippen LogP contribution in [0, 0.1) is 6.92 Å². The van der Waals surface area contributed by atoms with Crippen molar-refractivity contribution in [3.63, 3.8) is 0 Å². The molecule has 0 saturated heterocycles. The molecule has 6 nitrogen and oxygen atoms in total. The third kappa shape index (κ3) is 6.84. The van der Waals surface area contributed by atoms with Gasteiger partial charge < -0.3 is 19.9 Å². The molecule has 0 fully saturated rings. The summed E-state index contributed by atoms with van der Waals surface area (Å²) in [5, 5.41) is 10.0. The molecule has 0 atom stereocenters. The number of nitrogens with zero attached hydrogens (tertiary/aromatic N) is 2. The Morgan fingerprint density at radius 1 is 1.22 bits per heavy atom. The number of aliphatic imine (C=N–C) groups is 1. The van der Waals surface area contributed by atoms with Crippen LogP contribution < -0.4 is 15.4 Å². The molecular weight excluding hydrogens is 361 g/mol. The SMILES string of the molecule is CCc1cc(CNC(=NC)NCc2ccc(C)cc2OCC(F)(F)F)on1. The smallest absolute Gasteiger partial charge is 0.422 e. The number of aryl methyl sites for hydroxylation is 2. The molecule has 1 aromatic carbocycles. The largest absolute Gasteiger partial charge is 0.484 e. The minimum Gasteiger partial charge on any atom is -0.484 e. The van der Waals surface area contributed by atoms with E-state index in [1.165, 1.54) is 0 Å². The van der Waals surface area contributed by atoms with E-state index in [-0.39, 0.29) is 12.3 Å². The van der Waals surface area contributed by atoms with Gasteiger partial charge in [-0.2, -0.15) is 13.2 Å². The Balaban J connectivity index is 1.95. The van der Waals surface area contributed by atoms with E-state index >= 15 is 0 Å². The van der Waals surface area contributed by atoms with Gasteiger partial charge in [-0.25, -0.2) is 0 Å². The van der Waals surface area contributed by atoms with Crippen LogP contribution in [0.3, 0.4) is 0 Å². The summed E-state index contributed by atoms with van der Waals surface area (Å²) in [6, 6.07) is 6.98. The highest BCUT2D eigenvalue weighted by molar-refractivity contribution is 5.79. The third-order valence-corrected chi connectivity index (χ3v) is 3.68. The summed E-state index contributed by atoms with van der Waals surface area (Å²) in [4.78, 5) is 4.09. The van der Waals surface area contributed by atoms with Crippen molar-refractivity contribution >= 4 is 5.96 Å². The lowest BCUT2D eigenvalue weighted by molar-refractivity contribution is -0.153. The minimum atomic E-state index is -4.39.